The summed E-state index contributed by atoms with van der Waals surface area (Å²) in [5.41, 5.74) is 0.829. The van der Waals surface area contributed by atoms with Gasteiger partial charge in [-0.05, 0) is 50.6 Å². The third-order valence-corrected chi connectivity index (χ3v) is 6.11. The Morgan fingerprint density at radius 2 is 1.97 bits per heavy atom. The van der Waals surface area contributed by atoms with Gasteiger partial charge in [0.1, 0.15) is 18.2 Å². The molecule has 3 aromatic rings. The van der Waals surface area contributed by atoms with Crippen LogP contribution in [0.5, 0.6) is 11.5 Å². The predicted molar refractivity (Wildman–Crippen MR) is 126 cm³/mol. The van der Waals surface area contributed by atoms with E-state index in [-0.39, 0.29) is 21.8 Å². The first-order chi connectivity index (χ1) is 15.6. The summed E-state index contributed by atoms with van der Waals surface area (Å²) in [6.07, 6.45) is 5.31. The van der Waals surface area contributed by atoms with E-state index in [0.717, 1.165) is 38.8 Å². The van der Waals surface area contributed by atoms with Gasteiger partial charge >= 0.3 is 0 Å². The first-order valence-corrected chi connectivity index (χ1v) is 11.5. The van der Waals surface area contributed by atoms with E-state index in [1.807, 2.05) is 12.1 Å². The SMILES string of the molecule is CCCCOc1cc2ncnc(Nc3ccc(Cl)c(Cl)c3F)c2cc1OC1CCNCC1. The number of hydrogen-bond acceptors (Lipinski definition) is 6. The maximum absolute atomic E-state index is 14.6. The van der Waals surface area contributed by atoms with Gasteiger partial charge in [-0.15, -0.1) is 0 Å². The standard InChI is InChI=1S/C23H25Cl2FN4O2/c1-2-3-10-31-19-12-18-15(11-20(19)32-14-6-8-27-9-7-14)23(29-13-28-18)30-17-5-4-16(24)21(25)22(17)26/h4-5,11-14,27H,2-3,6-10H2,1H3,(H,28,29,30). The summed E-state index contributed by atoms with van der Waals surface area (Å²) in [4.78, 5) is 8.69. The lowest BCUT2D eigenvalue weighted by atomic mass is 10.1. The number of rotatable bonds is 8. The lowest BCUT2D eigenvalue weighted by Gasteiger charge is -2.25. The summed E-state index contributed by atoms with van der Waals surface area (Å²) in [6.45, 7) is 4.53. The van der Waals surface area contributed by atoms with Gasteiger partial charge in [0.05, 0.1) is 27.9 Å². The number of nitrogens with one attached hydrogen (secondary N) is 2. The van der Waals surface area contributed by atoms with E-state index < -0.39 is 5.82 Å². The Morgan fingerprint density at radius 3 is 2.75 bits per heavy atom. The summed E-state index contributed by atoms with van der Waals surface area (Å²) in [7, 11) is 0. The normalized spacial score (nSPS) is 14.5. The number of nitrogens with zero attached hydrogens (tertiary/aromatic N) is 2. The van der Waals surface area contributed by atoms with E-state index in [0.29, 0.717) is 34.8 Å². The number of unbranched alkanes of at least 4 members (excludes halogenated alkanes) is 1. The molecule has 4 rings (SSSR count). The topological polar surface area (TPSA) is 68.3 Å². The quantitative estimate of drug-likeness (QED) is 0.299. The molecule has 1 aliphatic heterocycles. The number of hydrogen-bond donors (Lipinski definition) is 2. The molecule has 0 saturated carbocycles. The molecule has 1 saturated heterocycles. The summed E-state index contributed by atoms with van der Waals surface area (Å²) in [5.74, 6) is 1.07. The second-order valence-electron chi connectivity index (χ2n) is 7.66. The molecular formula is C23H25Cl2FN4O2. The first-order valence-electron chi connectivity index (χ1n) is 10.8. The zero-order chi connectivity index (χ0) is 22.5. The van der Waals surface area contributed by atoms with E-state index >= 15 is 0 Å². The third-order valence-electron chi connectivity index (χ3n) is 5.32. The molecule has 0 aliphatic carbocycles. The van der Waals surface area contributed by atoms with Crippen molar-refractivity contribution in [1.82, 2.24) is 15.3 Å². The van der Waals surface area contributed by atoms with Gasteiger partial charge in [0, 0.05) is 11.5 Å². The molecule has 1 fully saturated rings. The molecule has 1 aromatic heterocycles. The number of benzene rings is 2. The zero-order valence-corrected chi connectivity index (χ0v) is 19.3. The highest BCUT2D eigenvalue weighted by atomic mass is 35.5. The van der Waals surface area contributed by atoms with Gasteiger partial charge in [-0.1, -0.05) is 36.5 Å². The average Bonchev–Trinajstić information content (AvgIpc) is 2.81. The highest BCUT2D eigenvalue weighted by Gasteiger charge is 2.19. The second kappa shape index (κ2) is 10.5. The van der Waals surface area contributed by atoms with E-state index in [2.05, 4.69) is 27.5 Å². The predicted octanol–water partition coefficient (Wildman–Crippen LogP) is 6.13. The lowest BCUT2D eigenvalue weighted by Crippen LogP contribution is -2.34. The van der Waals surface area contributed by atoms with Crippen LogP contribution in [0.1, 0.15) is 32.6 Å². The van der Waals surface area contributed by atoms with Crippen LogP contribution in [-0.4, -0.2) is 35.8 Å². The fraction of sp³-hybridized carbons (Fsp3) is 0.391. The molecule has 9 heteroatoms. The van der Waals surface area contributed by atoms with Gasteiger partial charge in [-0.25, -0.2) is 14.4 Å². The summed E-state index contributed by atoms with van der Waals surface area (Å²) in [5, 5.41) is 7.04. The van der Waals surface area contributed by atoms with Crippen LogP contribution in [0.15, 0.2) is 30.6 Å². The molecule has 2 heterocycles. The van der Waals surface area contributed by atoms with Crippen molar-refractivity contribution in [2.75, 3.05) is 25.0 Å². The van der Waals surface area contributed by atoms with E-state index in [4.69, 9.17) is 32.7 Å². The van der Waals surface area contributed by atoms with Crippen molar-refractivity contribution < 1.29 is 13.9 Å². The fourth-order valence-corrected chi connectivity index (χ4v) is 3.85. The van der Waals surface area contributed by atoms with Crippen molar-refractivity contribution in [3.63, 3.8) is 0 Å². The van der Waals surface area contributed by atoms with Crippen molar-refractivity contribution in [2.24, 2.45) is 0 Å². The fourth-order valence-electron chi connectivity index (χ4n) is 3.54. The Balaban J connectivity index is 1.71. The summed E-state index contributed by atoms with van der Waals surface area (Å²) in [6, 6.07) is 6.76. The Bertz CT molecular complexity index is 1090. The van der Waals surface area contributed by atoms with Crippen molar-refractivity contribution >= 4 is 45.6 Å². The van der Waals surface area contributed by atoms with Crippen molar-refractivity contribution in [1.29, 1.82) is 0 Å². The molecule has 0 radical (unpaired) electrons. The van der Waals surface area contributed by atoms with Crippen LogP contribution in [0.3, 0.4) is 0 Å². The van der Waals surface area contributed by atoms with E-state index in [1.54, 1.807) is 0 Å². The minimum Gasteiger partial charge on any atom is -0.490 e. The second-order valence-corrected chi connectivity index (χ2v) is 8.44. The molecule has 2 aromatic carbocycles. The van der Waals surface area contributed by atoms with Gasteiger partial charge in [0.15, 0.2) is 17.3 Å². The van der Waals surface area contributed by atoms with Crippen LogP contribution in [-0.2, 0) is 0 Å². The van der Waals surface area contributed by atoms with Crippen LogP contribution >= 0.6 is 23.2 Å². The van der Waals surface area contributed by atoms with Crippen molar-refractivity contribution in [3.05, 3.63) is 46.5 Å². The molecule has 0 spiro atoms. The number of ether oxygens (including phenoxy) is 2. The summed E-state index contributed by atoms with van der Waals surface area (Å²) >= 11 is 11.9. The number of anilines is 2. The first kappa shape index (κ1) is 22.8. The van der Waals surface area contributed by atoms with Gasteiger partial charge < -0.3 is 20.1 Å². The number of halogens is 3. The smallest absolute Gasteiger partial charge is 0.166 e. The number of piperidine rings is 1. The Labute approximate surface area is 196 Å². The molecule has 32 heavy (non-hydrogen) atoms. The Hall–Kier alpha value is -2.35. The van der Waals surface area contributed by atoms with Crippen LogP contribution < -0.4 is 20.1 Å². The van der Waals surface area contributed by atoms with E-state index in [1.165, 1.54) is 18.5 Å². The molecule has 1 aliphatic rings. The van der Waals surface area contributed by atoms with Crippen molar-refractivity contribution in [2.45, 2.75) is 38.7 Å². The lowest BCUT2D eigenvalue weighted by molar-refractivity contribution is 0.154. The molecule has 0 bridgehead atoms. The van der Waals surface area contributed by atoms with Gasteiger partial charge in [-0.2, -0.15) is 0 Å². The van der Waals surface area contributed by atoms with Crippen LogP contribution in [0.25, 0.3) is 10.9 Å². The molecule has 0 amide bonds. The van der Waals surface area contributed by atoms with E-state index in [9.17, 15) is 4.39 Å². The monoisotopic (exact) mass is 478 g/mol. The van der Waals surface area contributed by atoms with Crippen LogP contribution in [0.2, 0.25) is 10.0 Å². The van der Waals surface area contributed by atoms with Gasteiger partial charge in [0.2, 0.25) is 0 Å². The molecule has 2 N–H and O–H groups in total. The molecule has 6 nitrogen and oxygen atoms in total. The Kier molecular flexibility index (Phi) is 7.50. The summed E-state index contributed by atoms with van der Waals surface area (Å²) < 4.78 is 26.9. The van der Waals surface area contributed by atoms with Gasteiger partial charge in [0.25, 0.3) is 0 Å². The molecule has 0 atom stereocenters. The van der Waals surface area contributed by atoms with Crippen LogP contribution in [0.4, 0.5) is 15.9 Å². The van der Waals surface area contributed by atoms with Crippen molar-refractivity contribution in [3.8, 4) is 11.5 Å². The molecule has 0 unspecified atom stereocenters. The number of fused-ring (bicyclic) bond motifs is 1. The van der Waals surface area contributed by atoms with Crippen LogP contribution in [0, 0.1) is 5.82 Å². The molecular weight excluding hydrogens is 454 g/mol. The minimum absolute atomic E-state index is 0.0933. The third kappa shape index (κ3) is 5.17. The molecule has 170 valence electrons. The number of aromatic nitrogens is 2. The zero-order valence-electron chi connectivity index (χ0n) is 17.8. The Morgan fingerprint density at radius 1 is 1.16 bits per heavy atom. The highest BCUT2D eigenvalue weighted by molar-refractivity contribution is 6.42. The van der Waals surface area contributed by atoms with Gasteiger partial charge in [-0.3, -0.25) is 0 Å². The largest absolute Gasteiger partial charge is 0.490 e. The minimum atomic E-state index is -0.642. The highest BCUT2D eigenvalue weighted by Crippen LogP contribution is 2.37. The average molecular weight is 479 g/mol. The maximum Gasteiger partial charge on any atom is 0.166 e. The maximum atomic E-state index is 14.6.